The number of amides is 1. The second-order valence-electron chi connectivity index (χ2n) is 8.42. The van der Waals surface area contributed by atoms with E-state index in [4.69, 9.17) is 14.1 Å². The first-order valence-corrected chi connectivity index (χ1v) is 11.2. The van der Waals surface area contributed by atoms with Crippen molar-refractivity contribution in [2.75, 3.05) is 13.2 Å². The molecule has 5 rings (SSSR count). The predicted molar refractivity (Wildman–Crippen MR) is 124 cm³/mol. The van der Waals surface area contributed by atoms with E-state index in [1.54, 1.807) is 17.9 Å². The van der Waals surface area contributed by atoms with E-state index in [-0.39, 0.29) is 24.4 Å². The molecule has 0 unspecified atom stereocenters. The lowest BCUT2D eigenvalue weighted by atomic mass is 10.0. The van der Waals surface area contributed by atoms with Crippen LogP contribution in [0.1, 0.15) is 35.9 Å². The van der Waals surface area contributed by atoms with Crippen molar-refractivity contribution in [2.45, 2.75) is 32.4 Å². The van der Waals surface area contributed by atoms with E-state index in [9.17, 15) is 9.18 Å². The number of hydrogen-bond acceptors (Lipinski definition) is 4. The SMILES string of the molecule is Cc1cc(-c2ccc3oc([C@@H]4CCCN4C(=O)COCc4ccccc4)nc3c2)ccc1F. The Morgan fingerprint density at radius 3 is 2.73 bits per heavy atom. The molecule has 1 aromatic heterocycles. The second kappa shape index (κ2) is 9.16. The number of benzene rings is 3. The van der Waals surface area contributed by atoms with Crippen LogP contribution in [-0.2, 0) is 16.1 Å². The van der Waals surface area contributed by atoms with Crippen LogP contribution in [0.3, 0.4) is 0 Å². The molecular weight excluding hydrogens is 419 g/mol. The molecule has 1 aliphatic rings. The molecule has 33 heavy (non-hydrogen) atoms. The summed E-state index contributed by atoms with van der Waals surface area (Å²) in [6, 6.07) is 20.4. The minimum atomic E-state index is -0.220. The summed E-state index contributed by atoms with van der Waals surface area (Å²) in [5, 5.41) is 0. The highest BCUT2D eigenvalue weighted by Crippen LogP contribution is 2.34. The molecule has 4 aromatic rings. The molecule has 0 bridgehead atoms. The van der Waals surface area contributed by atoms with E-state index in [0.717, 1.165) is 35.0 Å². The third-order valence-electron chi connectivity index (χ3n) is 6.09. The van der Waals surface area contributed by atoms with Crippen molar-refractivity contribution in [3.8, 4) is 11.1 Å². The topological polar surface area (TPSA) is 55.6 Å². The summed E-state index contributed by atoms with van der Waals surface area (Å²) in [6.45, 7) is 2.84. The van der Waals surface area contributed by atoms with E-state index in [0.29, 0.717) is 30.2 Å². The summed E-state index contributed by atoms with van der Waals surface area (Å²) < 4.78 is 25.3. The Labute approximate surface area is 191 Å². The van der Waals surface area contributed by atoms with Crippen LogP contribution in [0, 0.1) is 12.7 Å². The van der Waals surface area contributed by atoms with Crippen molar-refractivity contribution in [1.82, 2.24) is 9.88 Å². The van der Waals surface area contributed by atoms with Gasteiger partial charge in [-0.25, -0.2) is 9.37 Å². The van der Waals surface area contributed by atoms with Crippen LogP contribution in [-0.4, -0.2) is 28.9 Å². The van der Waals surface area contributed by atoms with Gasteiger partial charge in [-0.1, -0.05) is 42.5 Å². The van der Waals surface area contributed by atoms with Crippen LogP contribution in [0.4, 0.5) is 4.39 Å². The number of carbonyl (C=O) groups is 1. The number of aromatic nitrogens is 1. The number of oxazole rings is 1. The van der Waals surface area contributed by atoms with Crippen molar-refractivity contribution < 1.29 is 18.3 Å². The van der Waals surface area contributed by atoms with E-state index in [2.05, 4.69) is 0 Å². The fraction of sp³-hybridized carbons (Fsp3) is 0.259. The van der Waals surface area contributed by atoms with Gasteiger partial charge in [0.2, 0.25) is 11.8 Å². The molecule has 0 spiro atoms. The van der Waals surface area contributed by atoms with Crippen molar-refractivity contribution in [2.24, 2.45) is 0 Å². The number of rotatable bonds is 6. The Kier molecular flexibility index (Phi) is 5.92. The van der Waals surface area contributed by atoms with Gasteiger partial charge in [-0.2, -0.15) is 0 Å². The molecule has 2 heterocycles. The minimum absolute atomic E-state index is 0.0275. The molecule has 168 valence electrons. The molecule has 0 radical (unpaired) electrons. The first-order chi connectivity index (χ1) is 16.1. The van der Waals surface area contributed by atoms with Crippen LogP contribution in [0.2, 0.25) is 0 Å². The maximum atomic E-state index is 13.6. The predicted octanol–water partition coefficient (Wildman–Crippen LogP) is 5.82. The molecule has 1 saturated heterocycles. The van der Waals surface area contributed by atoms with Crippen LogP contribution in [0.25, 0.3) is 22.2 Å². The summed E-state index contributed by atoms with van der Waals surface area (Å²) in [4.78, 5) is 19.3. The summed E-state index contributed by atoms with van der Waals surface area (Å²) in [7, 11) is 0. The van der Waals surface area contributed by atoms with Crippen LogP contribution < -0.4 is 0 Å². The fourth-order valence-electron chi connectivity index (χ4n) is 4.33. The van der Waals surface area contributed by atoms with Gasteiger partial charge in [0.1, 0.15) is 24.0 Å². The van der Waals surface area contributed by atoms with Gasteiger partial charge in [0, 0.05) is 6.54 Å². The smallest absolute Gasteiger partial charge is 0.249 e. The second-order valence-corrected chi connectivity index (χ2v) is 8.42. The maximum absolute atomic E-state index is 13.6. The van der Waals surface area contributed by atoms with Crippen LogP contribution in [0.5, 0.6) is 0 Å². The van der Waals surface area contributed by atoms with Gasteiger partial charge < -0.3 is 14.1 Å². The van der Waals surface area contributed by atoms with Crippen molar-refractivity contribution in [1.29, 1.82) is 0 Å². The van der Waals surface area contributed by atoms with E-state index >= 15 is 0 Å². The number of hydrogen-bond donors (Lipinski definition) is 0. The first-order valence-electron chi connectivity index (χ1n) is 11.2. The van der Waals surface area contributed by atoms with Gasteiger partial charge in [0.25, 0.3) is 0 Å². The van der Waals surface area contributed by atoms with Gasteiger partial charge in [-0.3, -0.25) is 4.79 Å². The van der Waals surface area contributed by atoms with Gasteiger partial charge in [0.05, 0.1) is 6.61 Å². The molecule has 6 heteroatoms. The van der Waals surface area contributed by atoms with Crippen molar-refractivity contribution in [3.63, 3.8) is 0 Å². The Balaban J connectivity index is 1.31. The molecular formula is C27H25FN2O3. The van der Waals surface area contributed by atoms with Gasteiger partial charge in [0.15, 0.2) is 5.58 Å². The highest BCUT2D eigenvalue weighted by atomic mass is 19.1. The minimum Gasteiger partial charge on any atom is -0.438 e. The average molecular weight is 445 g/mol. The summed E-state index contributed by atoms with van der Waals surface area (Å²) in [5.74, 6) is 0.270. The monoisotopic (exact) mass is 444 g/mol. The lowest BCUT2D eigenvalue weighted by molar-refractivity contribution is -0.137. The number of fused-ring (bicyclic) bond motifs is 1. The number of likely N-dealkylation sites (tertiary alicyclic amines) is 1. The molecule has 3 aromatic carbocycles. The molecule has 0 N–H and O–H groups in total. The van der Waals surface area contributed by atoms with E-state index in [1.165, 1.54) is 6.07 Å². The third-order valence-corrected chi connectivity index (χ3v) is 6.09. The molecule has 0 aliphatic carbocycles. The Morgan fingerprint density at radius 1 is 1.12 bits per heavy atom. The molecule has 1 atom stereocenters. The Morgan fingerprint density at radius 2 is 1.91 bits per heavy atom. The lowest BCUT2D eigenvalue weighted by Crippen LogP contribution is -2.33. The number of halogens is 1. The standard InChI is InChI=1S/C27H25FN2O3/c1-18-14-20(9-11-22(18)28)21-10-12-25-23(15-21)29-27(33-25)24-8-5-13-30(24)26(31)17-32-16-19-6-3-2-4-7-19/h2-4,6-7,9-12,14-15,24H,5,8,13,16-17H2,1H3/t24-/m0/s1. The van der Waals surface area contributed by atoms with E-state index < -0.39 is 0 Å². The number of aryl methyl sites for hydroxylation is 1. The fourth-order valence-corrected chi connectivity index (χ4v) is 4.33. The number of ether oxygens (including phenoxy) is 1. The van der Waals surface area contributed by atoms with Gasteiger partial charge >= 0.3 is 0 Å². The zero-order valence-electron chi connectivity index (χ0n) is 18.5. The quantitative estimate of drug-likeness (QED) is 0.376. The highest BCUT2D eigenvalue weighted by Gasteiger charge is 2.33. The summed E-state index contributed by atoms with van der Waals surface area (Å²) in [5.41, 5.74) is 4.90. The van der Waals surface area contributed by atoms with Crippen LogP contribution in [0.15, 0.2) is 71.1 Å². The molecule has 1 aliphatic heterocycles. The summed E-state index contributed by atoms with van der Waals surface area (Å²) in [6.07, 6.45) is 1.70. The number of carbonyl (C=O) groups excluding carboxylic acids is 1. The van der Waals surface area contributed by atoms with E-state index in [1.807, 2.05) is 54.6 Å². The highest BCUT2D eigenvalue weighted by molar-refractivity contribution is 5.81. The van der Waals surface area contributed by atoms with Crippen molar-refractivity contribution in [3.05, 3.63) is 89.6 Å². The van der Waals surface area contributed by atoms with Crippen molar-refractivity contribution >= 4 is 17.0 Å². The lowest BCUT2D eigenvalue weighted by Gasteiger charge is -2.22. The third kappa shape index (κ3) is 4.52. The molecule has 5 nitrogen and oxygen atoms in total. The zero-order valence-corrected chi connectivity index (χ0v) is 18.5. The Hall–Kier alpha value is -3.51. The molecule has 1 fully saturated rings. The normalized spacial score (nSPS) is 15.9. The van der Waals surface area contributed by atoms with Gasteiger partial charge in [-0.05, 0) is 66.3 Å². The largest absolute Gasteiger partial charge is 0.438 e. The maximum Gasteiger partial charge on any atom is 0.249 e. The van der Waals surface area contributed by atoms with Gasteiger partial charge in [-0.15, -0.1) is 0 Å². The zero-order chi connectivity index (χ0) is 22.8. The number of nitrogens with zero attached hydrogens (tertiary/aromatic N) is 2. The molecule has 1 amide bonds. The van der Waals surface area contributed by atoms with Crippen LogP contribution >= 0.6 is 0 Å². The molecule has 0 saturated carbocycles. The summed E-state index contributed by atoms with van der Waals surface area (Å²) >= 11 is 0. The first kappa shape index (κ1) is 21.3. The average Bonchev–Trinajstić information content (AvgIpc) is 3.48. The Bertz CT molecular complexity index is 1290.